The summed E-state index contributed by atoms with van der Waals surface area (Å²) in [5, 5.41) is 3.33. The van der Waals surface area contributed by atoms with E-state index in [0.717, 1.165) is 25.1 Å². The average Bonchev–Trinajstić information content (AvgIpc) is 2.38. The largest absolute Gasteiger partial charge is 0.312 e. The minimum Gasteiger partial charge on any atom is -0.312 e. The maximum Gasteiger partial charge on any atom is 0.123 e. The Labute approximate surface area is 101 Å². The summed E-state index contributed by atoms with van der Waals surface area (Å²) in [5.41, 5.74) is 2.32. The van der Waals surface area contributed by atoms with Gasteiger partial charge in [0.25, 0.3) is 0 Å². The number of hydrogen-bond acceptors (Lipinski definition) is 2. The molecular formula is C14H15FN2. The Morgan fingerprint density at radius 3 is 2.59 bits per heavy atom. The highest BCUT2D eigenvalue weighted by atomic mass is 19.1. The van der Waals surface area contributed by atoms with Crippen LogP contribution in [0.25, 0.3) is 0 Å². The van der Waals surface area contributed by atoms with Crippen LogP contribution in [0.3, 0.4) is 0 Å². The van der Waals surface area contributed by atoms with Gasteiger partial charge in [0, 0.05) is 18.9 Å². The minimum absolute atomic E-state index is 0.183. The van der Waals surface area contributed by atoms with Crippen molar-refractivity contribution in [1.82, 2.24) is 10.3 Å². The van der Waals surface area contributed by atoms with Crippen molar-refractivity contribution in [2.45, 2.75) is 13.0 Å². The average molecular weight is 230 g/mol. The van der Waals surface area contributed by atoms with Crippen LogP contribution in [0.15, 0.2) is 48.8 Å². The molecule has 0 amide bonds. The minimum atomic E-state index is -0.183. The summed E-state index contributed by atoms with van der Waals surface area (Å²) in [6.07, 6.45) is 4.52. The van der Waals surface area contributed by atoms with Gasteiger partial charge in [-0.1, -0.05) is 18.2 Å². The Balaban J connectivity index is 1.71. The van der Waals surface area contributed by atoms with Crippen LogP contribution in [0.1, 0.15) is 11.1 Å². The van der Waals surface area contributed by atoms with Gasteiger partial charge >= 0.3 is 0 Å². The first kappa shape index (κ1) is 11.7. The van der Waals surface area contributed by atoms with E-state index in [0.29, 0.717) is 0 Å². The molecule has 0 radical (unpaired) electrons. The smallest absolute Gasteiger partial charge is 0.123 e. The third-order valence-electron chi connectivity index (χ3n) is 2.56. The van der Waals surface area contributed by atoms with Crippen molar-refractivity contribution in [3.05, 3.63) is 65.7 Å². The molecule has 0 aliphatic heterocycles. The van der Waals surface area contributed by atoms with Crippen molar-refractivity contribution in [1.29, 1.82) is 0 Å². The summed E-state index contributed by atoms with van der Waals surface area (Å²) in [6.45, 7) is 1.69. The maximum atomic E-state index is 12.7. The van der Waals surface area contributed by atoms with Crippen LogP contribution in [0.4, 0.5) is 4.39 Å². The maximum absolute atomic E-state index is 12.7. The summed E-state index contributed by atoms with van der Waals surface area (Å²) >= 11 is 0. The predicted molar refractivity (Wildman–Crippen MR) is 66.0 cm³/mol. The number of aromatic nitrogens is 1. The summed E-state index contributed by atoms with van der Waals surface area (Å²) in [4.78, 5) is 4.05. The van der Waals surface area contributed by atoms with Gasteiger partial charge in [0.1, 0.15) is 5.82 Å². The van der Waals surface area contributed by atoms with Crippen molar-refractivity contribution in [2.75, 3.05) is 6.54 Å². The van der Waals surface area contributed by atoms with E-state index in [9.17, 15) is 4.39 Å². The van der Waals surface area contributed by atoms with Gasteiger partial charge in [-0.2, -0.15) is 0 Å². The Kier molecular flexibility index (Phi) is 4.22. The van der Waals surface area contributed by atoms with Gasteiger partial charge in [0.05, 0.1) is 0 Å². The first-order valence-corrected chi connectivity index (χ1v) is 5.68. The number of hydrogen-bond donors (Lipinski definition) is 1. The van der Waals surface area contributed by atoms with E-state index in [1.54, 1.807) is 6.20 Å². The van der Waals surface area contributed by atoms with Gasteiger partial charge in [0.15, 0.2) is 0 Å². The summed E-state index contributed by atoms with van der Waals surface area (Å²) in [5.74, 6) is -0.183. The number of halogens is 1. The molecule has 0 spiro atoms. The third-order valence-corrected chi connectivity index (χ3v) is 2.56. The molecule has 0 saturated heterocycles. The van der Waals surface area contributed by atoms with Crippen LogP contribution in [0.5, 0.6) is 0 Å². The topological polar surface area (TPSA) is 24.9 Å². The highest BCUT2D eigenvalue weighted by molar-refractivity contribution is 5.16. The van der Waals surface area contributed by atoms with E-state index >= 15 is 0 Å². The van der Waals surface area contributed by atoms with E-state index in [4.69, 9.17) is 0 Å². The zero-order valence-corrected chi connectivity index (χ0v) is 9.57. The Morgan fingerprint density at radius 1 is 1.06 bits per heavy atom. The van der Waals surface area contributed by atoms with E-state index in [1.807, 2.05) is 30.5 Å². The van der Waals surface area contributed by atoms with Crippen molar-refractivity contribution in [3.63, 3.8) is 0 Å². The van der Waals surface area contributed by atoms with E-state index in [-0.39, 0.29) is 5.82 Å². The molecule has 0 aliphatic carbocycles. The van der Waals surface area contributed by atoms with Gasteiger partial charge in [-0.3, -0.25) is 4.98 Å². The fraction of sp³-hybridized carbons (Fsp3) is 0.214. The fourth-order valence-electron chi connectivity index (χ4n) is 1.62. The predicted octanol–water partition coefficient (Wildman–Crippen LogP) is 2.55. The number of rotatable bonds is 5. The summed E-state index contributed by atoms with van der Waals surface area (Å²) < 4.78 is 12.7. The molecule has 0 aliphatic rings. The second-order valence-corrected chi connectivity index (χ2v) is 3.91. The van der Waals surface area contributed by atoms with Gasteiger partial charge < -0.3 is 5.32 Å². The van der Waals surface area contributed by atoms with Gasteiger partial charge in [-0.05, 0) is 42.3 Å². The number of nitrogens with zero attached hydrogens (tertiary/aromatic N) is 1. The van der Waals surface area contributed by atoms with Crippen LogP contribution in [0.2, 0.25) is 0 Å². The molecular weight excluding hydrogens is 215 g/mol. The Bertz CT molecular complexity index is 440. The Hall–Kier alpha value is -1.74. The van der Waals surface area contributed by atoms with Crippen LogP contribution >= 0.6 is 0 Å². The second-order valence-electron chi connectivity index (χ2n) is 3.91. The lowest BCUT2D eigenvalue weighted by Crippen LogP contribution is -2.16. The molecule has 0 saturated carbocycles. The molecule has 2 aromatic rings. The van der Waals surface area contributed by atoms with Crippen LogP contribution in [-0.2, 0) is 13.0 Å². The normalized spacial score (nSPS) is 10.4. The third kappa shape index (κ3) is 3.96. The molecule has 1 aromatic carbocycles. The molecule has 17 heavy (non-hydrogen) atoms. The quantitative estimate of drug-likeness (QED) is 0.798. The molecule has 1 aromatic heterocycles. The van der Waals surface area contributed by atoms with Gasteiger partial charge in [-0.15, -0.1) is 0 Å². The molecule has 2 nitrogen and oxygen atoms in total. The first-order valence-electron chi connectivity index (χ1n) is 5.68. The lowest BCUT2D eigenvalue weighted by atomic mass is 10.1. The molecule has 88 valence electrons. The SMILES string of the molecule is Fc1ccc(CCNCc2cccnc2)cc1. The van der Waals surface area contributed by atoms with Crippen molar-refractivity contribution >= 4 is 0 Å². The number of benzene rings is 1. The molecule has 0 unspecified atom stereocenters. The monoisotopic (exact) mass is 230 g/mol. The molecule has 3 heteroatoms. The van der Waals surface area contributed by atoms with Gasteiger partial charge in [0.2, 0.25) is 0 Å². The first-order chi connectivity index (χ1) is 8.34. The summed E-state index contributed by atoms with van der Waals surface area (Å²) in [7, 11) is 0. The van der Waals surface area contributed by atoms with E-state index in [2.05, 4.69) is 10.3 Å². The lowest BCUT2D eigenvalue weighted by Gasteiger charge is -2.04. The molecule has 1 heterocycles. The summed E-state index contributed by atoms with van der Waals surface area (Å²) in [6, 6.07) is 10.6. The molecule has 0 atom stereocenters. The van der Waals surface area contributed by atoms with Crippen LogP contribution in [0, 0.1) is 5.82 Å². The molecule has 1 N–H and O–H groups in total. The van der Waals surface area contributed by atoms with Crippen molar-refractivity contribution < 1.29 is 4.39 Å². The van der Waals surface area contributed by atoms with Gasteiger partial charge in [-0.25, -0.2) is 4.39 Å². The lowest BCUT2D eigenvalue weighted by molar-refractivity contribution is 0.626. The highest BCUT2D eigenvalue weighted by Crippen LogP contribution is 2.03. The number of nitrogens with one attached hydrogen (secondary N) is 1. The second kappa shape index (κ2) is 6.11. The van der Waals surface area contributed by atoms with Crippen LogP contribution < -0.4 is 5.32 Å². The number of pyridine rings is 1. The zero-order valence-electron chi connectivity index (χ0n) is 9.57. The molecule has 2 rings (SSSR count). The molecule has 0 fully saturated rings. The standard InChI is InChI=1S/C14H15FN2/c15-14-5-3-12(4-6-14)7-9-17-11-13-2-1-8-16-10-13/h1-6,8,10,17H,7,9,11H2. The fourth-order valence-corrected chi connectivity index (χ4v) is 1.62. The van der Waals surface area contributed by atoms with Crippen molar-refractivity contribution in [2.24, 2.45) is 0 Å². The zero-order chi connectivity index (χ0) is 11.9. The van der Waals surface area contributed by atoms with Crippen LogP contribution in [-0.4, -0.2) is 11.5 Å². The van der Waals surface area contributed by atoms with Crippen molar-refractivity contribution in [3.8, 4) is 0 Å². The van der Waals surface area contributed by atoms with E-state index < -0.39 is 0 Å². The highest BCUT2D eigenvalue weighted by Gasteiger charge is 1.95. The Morgan fingerprint density at radius 2 is 1.88 bits per heavy atom. The molecule has 0 bridgehead atoms. The van der Waals surface area contributed by atoms with E-state index in [1.165, 1.54) is 17.7 Å².